The average Bonchev–Trinajstić information content (AvgIpc) is 3.29. The van der Waals surface area contributed by atoms with Crippen molar-refractivity contribution in [3.05, 3.63) is 60.2 Å². The number of ketones is 1. The SMILES string of the molecule is O=C(CCC(=O)N1C[C@H]2CNC[C@H]2C1)c1ccc(-c2ccccc2)cc1. The van der Waals surface area contributed by atoms with Crippen molar-refractivity contribution < 1.29 is 9.59 Å². The summed E-state index contributed by atoms with van der Waals surface area (Å²) in [4.78, 5) is 26.8. The maximum atomic E-state index is 12.4. The van der Waals surface area contributed by atoms with Crippen LogP contribution in [0.4, 0.5) is 0 Å². The van der Waals surface area contributed by atoms with Gasteiger partial charge in [-0.1, -0.05) is 54.6 Å². The molecule has 26 heavy (non-hydrogen) atoms. The number of Topliss-reactive ketones (excluding diaryl/α,β-unsaturated/α-hetero) is 1. The van der Waals surface area contributed by atoms with Crippen LogP contribution in [0.15, 0.2) is 54.6 Å². The lowest BCUT2D eigenvalue weighted by atomic mass is 10.0. The second kappa shape index (κ2) is 7.42. The quantitative estimate of drug-likeness (QED) is 0.845. The van der Waals surface area contributed by atoms with Crippen LogP contribution in [-0.4, -0.2) is 42.8 Å². The second-order valence-electron chi connectivity index (χ2n) is 7.34. The predicted molar refractivity (Wildman–Crippen MR) is 102 cm³/mol. The molecule has 2 saturated heterocycles. The molecular formula is C22H24N2O2. The first-order valence-corrected chi connectivity index (χ1v) is 9.38. The highest BCUT2D eigenvalue weighted by Gasteiger charge is 2.37. The smallest absolute Gasteiger partial charge is 0.223 e. The van der Waals surface area contributed by atoms with E-state index in [4.69, 9.17) is 0 Å². The summed E-state index contributed by atoms with van der Waals surface area (Å²) >= 11 is 0. The molecule has 2 aliphatic heterocycles. The average molecular weight is 348 g/mol. The molecule has 2 aromatic carbocycles. The molecule has 0 spiro atoms. The van der Waals surface area contributed by atoms with Gasteiger partial charge in [-0.15, -0.1) is 0 Å². The summed E-state index contributed by atoms with van der Waals surface area (Å²) in [6.45, 7) is 3.72. The Morgan fingerprint density at radius 3 is 2.12 bits per heavy atom. The van der Waals surface area contributed by atoms with Gasteiger partial charge in [0.25, 0.3) is 0 Å². The Labute approximate surface area is 154 Å². The molecule has 1 amide bonds. The summed E-state index contributed by atoms with van der Waals surface area (Å²) in [6.07, 6.45) is 0.597. The number of hydrogen-bond donors (Lipinski definition) is 1. The molecule has 0 aliphatic carbocycles. The van der Waals surface area contributed by atoms with E-state index in [0.717, 1.165) is 37.3 Å². The number of carbonyl (C=O) groups is 2. The van der Waals surface area contributed by atoms with Crippen LogP contribution in [0.25, 0.3) is 11.1 Å². The van der Waals surface area contributed by atoms with Gasteiger partial charge in [0.05, 0.1) is 0 Å². The lowest BCUT2D eigenvalue weighted by Gasteiger charge is -2.17. The van der Waals surface area contributed by atoms with Gasteiger partial charge in [0.15, 0.2) is 5.78 Å². The molecule has 4 heteroatoms. The largest absolute Gasteiger partial charge is 0.342 e. The molecule has 2 aromatic rings. The molecule has 0 aromatic heterocycles. The molecule has 4 rings (SSSR count). The zero-order valence-corrected chi connectivity index (χ0v) is 14.9. The Morgan fingerprint density at radius 1 is 0.846 bits per heavy atom. The van der Waals surface area contributed by atoms with E-state index in [2.05, 4.69) is 17.4 Å². The molecule has 0 saturated carbocycles. The highest BCUT2D eigenvalue weighted by Crippen LogP contribution is 2.27. The first kappa shape index (κ1) is 17.0. The monoisotopic (exact) mass is 348 g/mol. The fourth-order valence-electron chi connectivity index (χ4n) is 4.06. The van der Waals surface area contributed by atoms with Gasteiger partial charge < -0.3 is 10.2 Å². The zero-order chi connectivity index (χ0) is 17.9. The summed E-state index contributed by atoms with van der Waals surface area (Å²) in [7, 11) is 0. The van der Waals surface area contributed by atoms with Gasteiger partial charge in [0.2, 0.25) is 5.91 Å². The molecule has 4 nitrogen and oxygen atoms in total. The van der Waals surface area contributed by atoms with Crippen molar-refractivity contribution in [3.63, 3.8) is 0 Å². The predicted octanol–water partition coefficient (Wildman–Crippen LogP) is 2.99. The minimum Gasteiger partial charge on any atom is -0.342 e. The van der Waals surface area contributed by atoms with Gasteiger partial charge in [-0.3, -0.25) is 9.59 Å². The number of nitrogens with one attached hydrogen (secondary N) is 1. The van der Waals surface area contributed by atoms with Gasteiger partial charge in [-0.05, 0) is 23.0 Å². The van der Waals surface area contributed by atoms with Crippen LogP contribution >= 0.6 is 0 Å². The van der Waals surface area contributed by atoms with E-state index in [-0.39, 0.29) is 18.1 Å². The van der Waals surface area contributed by atoms with E-state index in [1.165, 1.54) is 0 Å². The van der Waals surface area contributed by atoms with Crippen molar-refractivity contribution in [2.75, 3.05) is 26.2 Å². The van der Waals surface area contributed by atoms with Crippen LogP contribution in [-0.2, 0) is 4.79 Å². The summed E-state index contributed by atoms with van der Waals surface area (Å²) in [5, 5.41) is 3.38. The van der Waals surface area contributed by atoms with Crippen molar-refractivity contribution in [1.29, 1.82) is 0 Å². The van der Waals surface area contributed by atoms with Gasteiger partial charge in [-0.2, -0.15) is 0 Å². The number of benzene rings is 2. The van der Waals surface area contributed by atoms with Crippen LogP contribution in [0.1, 0.15) is 23.2 Å². The van der Waals surface area contributed by atoms with E-state index in [0.29, 0.717) is 23.8 Å². The number of likely N-dealkylation sites (tertiary alicyclic amines) is 1. The maximum absolute atomic E-state index is 12.4. The van der Waals surface area contributed by atoms with Crippen LogP contribution < -0.4 is 5.32 Å². The van der Waals surface area contributed by atoms with Crippen LogP contribution in [0.5, 0.6) is 0 Å². The molecule has 2 fully saturated rings. The van der Waals surface area contributed by atoms with Gasteiger partial charge >= 0.3 is 0 Å². The molecule has 134 valence electrons. The van der Waals surface area contributed by atoms with E-state index in [1.54, 1.807) is 0 Å². The van der Waals surface area contributed by atoms with Crippen molar-refractivity contribution >= 4 is 11.7 Å². The molecule has 2 heterocycles. The number of nitrogens with zero attached hydrogens (tertiary/aromatic N) is 1. The van der Waals surface area contributed by atoms with E-state index < -0.39 is 0 Å². The van der Waals surface area contributed by atoms with Crippen molar-refractivity contribution in [3.8, 4) is 11.1 Å². The highest BCUT2D eigenvalue weighted by molar-refractivity contribution is 5.98. The second-order valence-corrected chi connectivity index (χ2v) is 7.34. The normalized spacial score (nSPS) is 21.6. The minimum absolute atomic E-state index is 0.0408. The van der Waals surface area contributed by atoms with Gasteiger partial charge in [0.1, 0.15) is 0 Å². The van der Waals surface area contributed by atoms with Crippen LogP contribution in [0.2, 0.25) is 0 Å². The number of hydrogen-bond acceptors (Lipinski definition) is 3. The summed E-state index contributed by atoms with van der Waals surface area (Å²) < 4.78 is 0. The summed E-state index contributed by atoms with van der Waals surface area (Å²) in [5.41, 5.74) is 2.91. The third kappa shape index (κ3) is 3.56. The number of amides is 1. The molecule has 1 N–H and O–H groups in total. The molecular weight excluding hydrogens is 324 g/mol. The van der Waals surface area contributed by atoms with E-state index >= 15 is 0 Å². The molecule has 2 aliphatic rings. The zero-order valence-electron chi connectivity index (χ0n) is 14.9. The van der Waals surface area contributed by atoms with E-state index in [1.807, 2.05) is 47.4 Å². The Hall–Kier alpha value is -2.46. The highest BCUT2D eigenvalue weighted by atomic mass is 16.2. The van der Waals surface area contributed by atoms with Crippen molar-refractivity contribution in [1.82, 2.24) is 10.2 Å². The Balaban J connectivity index is 1.31. The lowest BCUT2D eigenvalue weighted by Crippen LogP contribution is -2.32. The lowest BCUT2D eigenvalue weighted by molar-refractivity contribution is -0.130. The molecule has 0 radical (unpaired) electrons. The fraction of sp³-hybridized carbons (Fsp3) is 0.364. The fourth-order valence-corrected chi connectivity index (χ4v) is 4.06. The van der Waals surface area contributed by atoms with Crippen molar-refractivity contribution in [2.24, 2.45) is 11.8 Å². The standard InChI is InChI=1S/C22H24N2O2/c25-21(10-11-22(26)24-14-19-12-23-13-20(19)15-24)18-8-6-17(7-9-18)16-4-2-1-3-5-16/h1-9,19-20,23H,10-15H2/t19-,20+. The number of carbonyl (C=O) groups excluding carboxylic acids is 2. The Bertz CT molecular complexity index is 774. The minimum atomic E-state index is 0.0408. The first-order valence-electron chi connectivity index (χ1n) is 9.38. The summed E-state index contributed by atoms with van der Waals surface area (Å²) in [5.74, 6) is 1.35. The van der Waals surface area contributed by atoms with Crippen LogP contribution in [0.3, 0.4) is 0 Å². The number of fused-ring (bicyclic) bond motifs is 1. The molecule has 0 unspecified atom stereocenters. The van der Waals surface area contributed by atoms with Crippen LogP contribution in [0, 0.1) is 11.8 Å². The third-order valence-corrected chi connectivity index (χ3v) is 5.62. The Morgan fingerprint density at radius 2 is 1.46 bits per heavy atom. The number of rotatable bonds is 5. The van der Waals surface area contributed by atoms with Gasteiger partial charge in [0, 0.05) is 44.6 Å². The van der Waals surface area contributed by atoms with Crippen molar-refractivity contribution in [2.45, 2.75) is 12.8 Å². The topological polar surface area (TPSA) is 49.4 Å². The third-order valence-electron chi connectivity index (χ3n) is 5.62. The Kier molecular flexibility index (Phi) is 4.85. The van der Waals surface area contributed by atoms with E-state index in [9.17, 15) is 9.59 Å². The maximum Gasteiger partial charge on any atom is 0.223 e. The van der Waals surface area contributed by atoms with Gasteiger partial charge in [-0.25, -0.2) is 0 Å². The summed E-state index contributed by atoms with van der Waals surface area (Å²) in [6, 6.07) is 17.8. The molecule has 0 bridgehead atoms. The molecule has 2 atom stereocenters. The first-order chi connectivity index (χ1) is 12.7.